The molecule has 106 valence electrons. The normalized spacial score (nSPS) is 10.8. The smallest absolute Gasteiger partial charge is 0.258 e. The van der Waals surface area contributed by atoms with Crippen LogP contribution in [0.25, 0.3) is 10.2 Å². The quantitative estimate of drug-likeness (QED) is 0.663. The van der Waals surface area contributed by atoms with Crippen molar-refractivity contribution in [2.45, 2.75) is 0 Å². The van der Waals surface area contributed by atoms with Crippen LogP contribution in [0.15, 0.2) is 29.8 Å². The Bertz CT molecular complexity index is 850. The number of carbonyl (C=O) groups is 1. The molecule has 2 aromatic heterocycles. The molecule has 1 aromatic carbocycles. The molecule has 3 rings (SSSR count). The van der Waals surface area contributed by atoms with Gasteiger partial charge in [0.2, 0.25) is 0 Å². The second-order valence-corrected chi connectivity index (χ2v) is 6.09. The molecule has 0 atom stereocenters. The van der Waals surface area contributed by atoms with E-state index in [1.54, 1.807) is 11.6 Å². The number of fused-ring (bicyclic) bond motifs is 1. The van der Waals surface area contributed by atoms with Crippen LogP contribution in [0.1, 0.15) is 10.4 Å². The molecule has 3 aromatic rings. The van der Waals surface area contributed by atoms with Crippen molar-refractivity contribution in [2.24, 2.45) is 0 Å². The van der Waals surface area contributed by atoms with E-state index in [9.17, 15) is 4.79 Å². The Morgan fingerprint density at radius 1 is 1.14 bits per heavy atom. The van der Waals surface area contributed by atoms with Gasteiger partial charge in [-0.2, -0.15) is 0 Å². The summed E-state index contributed by atoms with van der Waals surface area (Å²) in [6.45, 7) is 0. The van der Waals surface area contributed by atoms with Crippen molar-refractivity contribution in [3.05, 3.63) is 50.7 Å². The van der Waals surface area contributed by atoms with Crippen molar-refractivity contribution in [1.29, 1.82) is 0 Å². The molecule has 0 radical (unpaired) electrons. The van der Waals surface area contributed by atoms with E-state index in [1.165, 1.54) is 23.5 Å². The van der Waals surface area contributed by atoms with Gasteiger partial charge in [-0.05, 0) is 24.3 Å². The Labute approximate surface area is 138 Å². The van der Waals surface area contributed by atoms with Gasteiger partial charge in [0.1, 0.15) is 15.8 Å². The average Bonchev–Trinajstić information content (AvgIpc) is 2.90. The highest BCUT2D eigenvalue weighted by atomic mass is 35.5. The number of nitrogens with one attached hydrogen (secondary N) is 1. The molecule has 1 amide bonds. The van der Waals surface area contributed by atoms with Crippen LogP contribution < -0.4 is 5.32 Å². The lowest BCUT2D eigenvalue weighted by Gasteiger charge is -2.09. The van der Waals surface area contributed by atoms with E-state index in [-0.39, 0.29) is 15.9 Å². The fourth-order valence-electron chi connectivity index (χ4n) is 1.79. The lowest BCUT2D eigenvalue weighted by molar-refractivity contribution is 0.102. The maximum Gasteiger partial charge on any atom is 0.258 e. The van der Waals surface area contributed by atoms with Gasteiger partial charge in [-0.15, -0.1) is 11.3 Å². The van der Waals surface area contributed by atoms with Gasteiger partial charge in [-0.3, -0.25) is 4.79 Å². The van der Waals surface area contributed by atoms with E-state index < -0.39 is 5.91 Å². The van der Waals surface area contributed by atoms with Crippen LogP contribution in [0.2, 0.25) is 15.3 Å². The number of pyridine rings is 1. The molecule has 8 heteroatoms. The van der Waals surface area contributed by atoms with E-state index >= 15 is 0 Å². The topological polar surface area (TPSA) is 54.9 Å². The predicted octanol–water partition coefficient (Wildman–Crippen LogP) is 4.90. The lowest BCUT2D eigenvalue weighted by Crippen LogP contribution is -2.13. The van der Waals surface area contributed by atoms with Crippen LogP contribution in [0.4, 0.5) is 5.69 Å². The number of anilines is 1. The van der Waals surface area contributed by atoms with Gasteiger partial charge in [-0.1, -0.05) is 34.8 Å². The first-order valence-electron chi connectivity index (χ1n) is 5.71. The summed E-state index contributed by atoms with van der Waals surface area (Å²) in [6.07, 6.45) is 0. The molecular weight excluding hydrogens is 353 g/mol. The highest BCUT2D eigenvalue weighted by Gasteiger charge is 2.16. The number of rotatable bonds is 2. The monoisotopic (exact) mass is 357 g/mol. The maximum atomic E-state index is 12.3. The number of nitrogens with zero attached hydrogens (tertiary/aromatic N) is 2. The van der Waals surface area contributed by atoms with E-state index in [0.29, 0.717) is 16.2 Å². The molecule has 0 aliphatic carbocycles. The van der Waals surface area contributed by atoms with Gasteiger partial charge in [0, 0.05) is 0 Å². The number of hydrogen-bond acceptors (Lipinski definition) is 4. The Morgan fingerprint density at radius 3 is 2.71 bits per heavy atom. The molecule has 2 heterocycles. The first-order valence-corrected chi connectivity index (χ1v) is 7.72. The largest absolute Gasteiger partial charge is 0.319 e. The summed E-state index contributed by atoms with van der Waals surface area (Å²) in [5.74, 6) is -0.424. The SMILES string of the molecule is O=C(Nc1c(Cl)ccc2scnc12)c1ccc(Cl)nc1Cl. The van der Waals surface area contributed by atoms with Gasteiger partial charge in [-0.25, -0.2) is 9.97 Å². The second-order valence-electron chi connectivity index (χ2n) is 4.05. The summed E-state index contributed by atoms with van der Waals surface area (Å²) < 4.78 is 0.926. The zero-order chi connectivity index (χ0) is 15.0. The molecule has 0 spiro atoms. The van der Waals surface area contributed by atoms with Crippen molar-refractivity contribution >= 4 is 68.0 Å². The third-order valence-corrected chi connectivity index (χ3v) is 4.36. The first-order chi connectivity index (χ1) is 10.1. The van der Waals surface area contributed by atoms with Gasteiger partial charge in [0.25, 0.3) is 5.91 Å². The van der Waals surface area contributed by atoms with Crippen LogP contribution in [-0.4, -0.2) is 15.9 Å². The van der Waals surface area contributed by atoms with E-state index in [4.69, 9.17) is 34.8 Å². The molecule has 4 nitrogen and oxygen atoms in total. The van der Waals surface area contributed by atoms with Gasteiger partial charge >= 0.3 is 0 Å². The van der Waals surface area contributed by atoms with Crippen molar-refractivity contribution < 1.29 is 4.79 Å². The third-order valence-electron chi connectivity index (χ3n) is 2.75. The molecule has 0 saturated carbocycles. The molecule has 21 heavy (non-hydrogen) atoms. The molecule has 0 aliphatic heterocycles. The molecule has 1 N–H and O–H groups in total. The fourth-order valence-corrected chi connectivity index (χ4v) is 3.10. The second kappa shape index (κ2) is 5.77. The molecule has 0 bridgehead atoms. The average molecular weight is 359 g/mol. The minimum absolute atomic E-state index is 0.0292. The summed E-state index contributed by atoms with van der Waals surface area (Å²) in [5, 5.41) is 3.37. The van der Waals surface area contributed by atoms with Gasteiger partial charge < -0.3 is 5.32 Å². The Balaban J connectivity index is 2.00. The molecular formula is C13H6Cl3N3OS. The lowest BCUT2D eigenvalue weighted by atomic mass is 10.2. The summed E-state index contributed by atoms with van der Waals surface area (Å²) in [4.78, 5) is 20.3. The zero-order valence-electron chi connectivity index (χ0n) is 10.2. The molecule has 0 aliphatic rings. The Morgan fingerprint density at radius 2 is 1.95 bits per heavy atom. The van der Waals surface area contributed by atoms with Crippen LogP contribution in [0.3, 0.4) is 0 Å². The number of aromatic nitrogens is 2. The van der Waals surface area contributed by atoms with Crippen molar-refractivity contribution in [3.8, 4) is 0 Å². The number of halogens is 3. The summed E-state index contributed by atoms with van der Waals surface area (Å²) in [7, 11) is 0. The van der Waals surface area contributed by atoms with E-state index in [2.05, 4.69) is 15.3 Å². The highest BCUT2D eigenvalue weighted by Crippen LogP contribution is 2.32. The first kappa shape index (κ1) is 14.5. The molecule has 0 saturated heterocycles. The maximum absolute atomic E-state index is 12.3. The van der Waals surface area contributed by atoms with E-state index in [1.807, 2.05) is 6.07 Å². The molecule has 0 fully saturated rings. The van der Waals surface area contributed by atoms with Crippen molar-refractivity contribution in [2.75, 3.05) is 5.32 Å². The van der Waals surface area contributed by atoms with Crippen molar-refractivity contribution in [1.82, 2.24) is 9.97 Å². The number of thiazole rings is 1. The van der Waals surface area contributed by atoms with Crippen molar-refractivity contribution in [3.63, 3.8) is 0 Å². The summed E-state index contributed by atoms with van der Waals surface area (Å²) in [5.41, 5.74) is 2.99. The minimum Gasteiger partial charge on any atom is -0.319 e. The number of hydrogen-bond donors (Lipinski definition) is 1. The number of amides is 1. The van der Waals surface area contributed by atoms with Gasteiger partial charge in [0.05, 0.1) is 26.5 Å². The fraction of sp³-hybridized carbons (Fsp3) is 0. The Hall–Kier alpha value is -1.40. The third kappa shape index (κ3) is 2.82. The predicted molar refractivity (Wildman–Crippen MR) is 86.8 cm³/mol. The van der Waals surface area contributed by atoms with Crippen LogP contribution in [0, 0.1) is 0 Å². The standard InChI is InChI=1S/C13H6Cl3N3OS/c14-7-2-3-8-11(17-5-21-8)10(7)19-13(20)6-1-4-9(15)18-12(6)16/h1-5H,(H,19,20). The number of benzene rings is 1. The Kier molecular flexibility index (Phi) is 3.99. The summed E-state index contributed by atoms with van der Waals surface area (Å²) in [6, 6.07) is 6.55. The minimum atomic E-state index is -0.424. The van der Waals surface area contributed by atoms with Crippen LogP contribution in [0.5, 0.6) is 0 Å². The van der Waals surface area contributed by atoms with Gasteiger partial charge in [0.15, 0.2) is 0 Å². The highest BCUT2D eigenvalue weighted by molar-refractivity contribution is 7.16. The number of carbonyl (C=O) groups excluding carboxylic acids is 1. The molecule has 0 unspecified atom stereocenters. The van der Waals surface area contributed by atoms with E-state index in [0.717, 1.165) is 4.70 Å². The summed E-state index contributed by atoms with van der Waals surface area (Å²) >= 11 is 19.2. The van der Waals surface area contributed by atoms with Crippen LogP contribution >= 0.6 is 46.1 Å². The van der Waals surface area contributed by atoms with Crippen LogP contribution in [-0.2, 0) is 0 Å². The zero-order valence-corrected chi connectivity index (χ0v) is 13.3.